The van der Waals surface area contributed by atoms with Crippen molar-refractivity contribution >= 4 is 39.7 Å². The lowest BCUT2D eigenvalue weighted by Gasteiger charge is -2.38. The molecule has 9 heteroatoms. The average Bonchev–Trinajstić information content (AvgIpc) is 3.28. The van der Waals surface area contributed by atoms with Crippen LogP contribution in [0.4, 0.5) is 10.3 Å². The third kappa shape index (κ3) is 4.40. The van der Waals surface area contributed by atoms with E-state index in [0.717, 1.165) is 48.5 Å². The number of carbonyl (C=O) groups excluding carboxylic acids is 1. The number of aromatic nitrogens is 3. The quantitative estimate of drug-likeness (QED) is 0.789. The van der Waals surface area contributed by atoms with Gasteiger partial charge in [0.05, 0.1) is 0 Å². The molecule has 0 radical (unpaired) electrons. The topological polar surface area (TPSA) is 87.4 Å². The van der Waals surface area contributed by atoms with Gasteiger partial charge < -0.3 is 14.6 Å². The van der Waals surface area contributed by atoms with Crippen LogP contribution < -0.4 is 21.0 Å². The molecule has 1 aliphatic heterocycles. The van der Waals surface area contributed by atoms with Crippen LogP contribution in [-0.4, -0.2) is 58.2 Å². The Labute approximate surface area is 173 Å². The molecule has 1 saturated heterocycles. The number of nitrogens with one attached hydrogen (secondary N) is 1. The van der Waals surface area contributed by atoms with Gasteiger partial charge in [0.25, 0.3) is 0 Å². The number of fused-ring (bicyclic) bond motifs is 1. The summed E-state index contributed by atoms with van der Waals surface area (Å²) in [6.07, 6.45) is 7.69. The van der Waals surface area contributed by atoms with Crippen molar-refractivity contribution in [1.29, 1.82) is 0 Å². The normalized spacial score (nSPS) is 18.2. The lowest BCUT2D eigenvalue weighted by molar-refractivity contribution is -0.115. The summed E-state index contributed by atoms with van der Waals surface area (Å²) in [4.78, 5) is 20.7. The van der Waals surface area contributed by atoms with Gasteiger partial charge in [-0.15, -0.1) is 10.2 Å². The van der Waals surface area contributed by atoms with Crippen LogP contribution in [0.3, 0.4) is 0 Å². The number of rotatable bonds is 5. The van der Waals surface area contributed by atoms with Crippen molar-refractivity contribution in [1.82, 2.24) is 20.1 Å². The molecule has 2 aromatic heterocycles. The van der Waals surface area contributed by atoms with Gasteiger partial charge in [-0.25, -0.2) is 4.98 Å². The molecule has 0 bridgehead atoms. The van der Waals surface area contributed by atoms with Crippen molar-refractivity contribution in [2.75, 3.05) is 36.4 Å². The van der Waals surface area contributed by atoms with Crippen LogP contribution in [0.1, 0.15) is 32.6 Å². The Morgan fingerprint density at radius 3 is 2.83 bits per heavy atom. The maximum Gasteiger partial charge on any atom is 0.225 e. The molecule has 1 atom stereocenters. The fraction of sp³-hybridized carbons (Fsp3) is 0.500. The number of carbonyl (C=O) groups is 1. The van der Waals surface area contributed by atoms with E-state index in [1.54, 1.807) is 0 Å². The molecule has 4 rings (SSSR count). The summed E-state index contributed by atoms with van der Waals surface area (Å²) in [6.45, 7) is 9.65. The van der Waals surface area contributed by atoms with E-state index in [1.807, 2.05) is 19.9 Å². The standard InChI is InChI=1S/C20H26N6O2S/c1-4-18(27)22-19-23-24-20(29-19)26-11-9-25(10-12-26)13(2)15-5-7-16-17(8-6-15)28-14(3)21-16/h6-8,13H,4-5,9-12H2,1-3H3,(H,22,23,27). The van der Waals surface area contributed by atoms with Gasteiger partial charge in [0, 0.05) is 45.6 Å². The van der Waals surface area contributed by atoms with Gasteiger partial charge in [0.15, 0.2) is 11.3 Å². The Morgan fingerprint density at radius 1 is 1.28 bits per heavy atom. The molecule has 2 aromatic rings. The van der Waals surface area contributed by atoms with Crippen LogP contribution in [-0.2, 0) is 4.79 Å². The Balaban J connectivity index is 1.36. The predicted octanol–water partition coefficient (Wildman–Crippen LogP) is 1.28. The first kappa shape index (κ1) is 19.8. The summed E-state index contributed by atoms with van der Waals surface area (Å²) in [5.74, 6) is 0.668. The molecule has 8 nitrogen and oxygen atoms in total. The minimum atomic E-state index is -0.0386. The zero-order chi connectivity index (χ0) is 20.4. The van der Waals surface area contributed by atoms with Crippen LogP contribution in [0.15, 0.2) is 16.1 Å². The van der Waals surface area contributed by atoms with Gasteiger partial charge >= 0.3 is 0 Å². The predicted molar refractivity (Wildman–Crippen MR) is 114 cm³/mol. The molecule has 2 aliphatic rings. The van der Waals surface area contributed by atoms with Crippen molar-refractivity contribution in [2.45, 2.75) is 39.7 Å². The Morgan fingerprint density at radius 2 is 2.07 bits per heavy atom. The van der Waals surface area contributed by atoms with E-state index in [1.165, 1.54) is 16.9 Å². The number of aryl methyl sites for hydroxylation is 1. The summed E-state index contributed by atoms with van der Waals surface area (Å²) < 4.78 is 5.65. The first-order valence-electron chi connectivity index (χ1n) is 10.00. The zero-order valence-corrected chi connectivity index (χ0v) is 17.8. The third-order valence-electron chi connectivity index (χ3n) is 5.42. The molecular formula is C20H26N6O2S. The summed E-state index contributed by atoms with van der Waals surface area (Å²) in [5, 5.41) is 13.5. The lowest BCUT2D eigenvalue weighted by Crippen LogP contribution is -2.50. The fourth-order valence-electron chi connectivity index (χ4n) is 3.64. The van der Waals surface area contributed by atoms with E-state index in [4.69, 9.17) is 4.42 Å². The highest BCUT2D eigenvalue weighted by molar-refractivity contribution is 7.19. The summed E-state index contributed by atoms with van der Waals surface area (Å²) in [5.41, 5.74) is 2.21. The van der Waals surface area contributed by atoms with Crippen molar-refractivity contribution < 1.29 is 9.21 Å². The third-order valence-corrected chi connectivity index (χ3v) is 6.32. The molecule has 0 saturated carbocycles. The number of anilines is 2. The van der Waals surface area contributed by atoms with Gasteiger partial charge in [0.1, 0.15) is 5.35 Å². The highest BCUT2D eigenvalue weighted by Gasteiger charge is 2.25. The number of nitrogens with zero attached hydrogens (tertiary/aromatic N) is 5. The minimum Gasteiger partial charge on any atom is -0.441 e. The largest absolute Gasteiger partial charge is 0.441 e. The Kier molecular flexibility index (Phi) is 5.77. The molecule has 1 fully saturated rings. The molecule has 1 N–H and O–H groups in total. The fourth-order valence-corrected chi connectivity index (χ4v) is 4.45. The average molecular weight is 415 g/mol. The van der Waals surface area contributed by atoms with Crippen LogP contribution in [0.2, 0.25) is 0 Å². The summed E-state index contributed by atoms with van der Waals surface area (Å²) >= 11 is 1.43. The maximum absolute atomic E-state index is 11.5. The molecule has 1 aliphatic carbocycles. The Bertz CT molecular complexity index is 1030. The van der Waals surface area contributed by atoms with Gasteiger partial charge in [-0.1, -0.05) is 30.4 Å². The number of hydrogen-bond acceptors (Lipinski definition) is 8. The first-order chi connectivity index (χ1) is 14.0. The second-order valence-corrected chi connectivity index (χ2v) is 8.25. The molecule has 0 spiro atoms. The van der Waals surface area contributed by atoms with E-state index in [2.05, 4.69) is 49.4 Å². The van der Waals surface area contributed by atoms with E-state index >= 15 is 0 Å². The van der Waals surface area contributed by atoms with Gasteiger partial charge in [0.2, 0.25) is 16.2 Å². The van der Waals surface area contributed by atoms with Gasteiger partial charge in [-0.05, 0) is 25.0 Å². The van der Waals surface area contributed by atoms with Crippen molar-refractivity contribution in [2.24, 2.45) is 0 Å². The van der Waals surface area contributed by atoms with Crippen molar-refractivity contribution in [3.8, 4) is 0 Å². The SMILES string of the molecule is CCC(=O)Nc1nnc(N2CCN(C(C)C3=CC=c4oc(C)nc4=CC3)CC2)s1. The van der Waals surface area contributed by atoms with Crippen molar-refractivity contribution in [3.05, 3.63) is 28.3 Å². The summed E-state index contributed by atoms with van der Waals surface area (Å²) in [6, 6.07) is 0.351. The smallest absolute Gasteiger partial charge is 0.225 e. The van der Waals surface area contributed by atoms with E-state index in [0.29, 0.717) is 23.5 Å². The number of allylic oxidation sites excluding steroid dienone is 1. The molecule has 154 valence electrons. The van der Waals surface area contributed by atoms with Gasteiger partial charge in [-0.2, -0.15) is 0 Å². The van der Waals surface area contributed by atoms with E-state index in [-0.39, 0.29) is 5.91 Å². The van der Waals surface area contributed by atoms with Crippen LogP contribution in [0.25, 0.3) is 12.2 Å². The van der Waals surface area contributed by atoms with Crippen LogP contribution >= 0.6 is 11.3 Å². The molecule has 1 unspecified atom stereocenters. The molecule has 29 heavy (non-hydrogen) atoms. The number of piperazine rings is 1. The Hall–Kier alpha value is -2.52. The van der Waals surface area contributed by atoms with Crippen LogP contribution in [0, 0.1) is 6.92 Å². The molecular weight excluding hydrogens is 388 g/mol. The van der Waals surface area contributed by atoms with E-state index < -0.39 is 0 Å². The second kappa shape index (κ2) is 8.46. The zero-order valence-electron chi connectivity index (χ0n) is 17.0. The van der Waals surface area contributed by atoms with E-state index in [9.17, 15) is 4.79 Å². The number of hydrogen-bond donors (Lipinski definition) is 1. The number of amides is 1. The first-order valence-corrected chi connectivity index (χ1v) is 10.8. The molecule has 3 heterocycles. The summed E-state index contributed by atoms with van der Waals surface area (Å²) in [7, 11) is 0. The highest BCUT2D eigenvalue weighted by atomic mass is 32.1. The van der Waals surface area contributed by atoms with Crippen molar-refractivity contribution in [3.63, 3.8) is 0 Å². The number of oxazole rings is 1. The van der Waals surface area contributed by atoms with Gasteiger partial charge in [-0.3, -0.25) is 9.69 Å². The molecule has 1 amide bonds. The molecule has 0 aromatic carbocycles. The lowest BCUT2D eigenvalue weighted by atomic mass is 10.0. The maximum atomic E-state index is 11.5. The highest BCUT2D eigenvalue weighted by Crippen LogP contribution is 2.26. The van der Waals surface area contributed by atoms with Crippen LogP contribution in [0.5, 0.6) is 0 Å². The monoisotopic (exact) mass is 414 g/mol. The minimum absolute atomic E-state index is 0.0386. The second-order valence-electron chi connectivity index (χ2n) is 7.29.